The molecule has 1 aliphatic rings. The highest BCUT2D eigenvalue weighted by molar-refractivity contribution is 9.11. The first-order chi connectivity index (χ1) is 8.70. The Balaban J connectivity index is 1.62. The molecule has 0 radical (unpaired) electrons. The predicted octanol–water partition coefficient (Wildman–Crippen LogP) is 2.46. The normalized spacial score (nSPS) is 17.0. The van der Waals surface area contributed by atoms with Crippen molar-refractivity contribution in [3.8, 4) is 0 Å². The van der Waals surface area contributed by atoms with Crippen LogP contribution < -0.4 is 0 Å². The van der Waals surface area contributed by atoms with Crippen molar-refractivity contribution in [3.05, 3.63) is 32.7 Å². The van der Waals surface area contributed by atoms with Crippen LogP contribution in [-0.2, 0) is 13.0 Å². The molecule has 1 saturated carbocycles. The largest absolute Gasteiger partial charge is 0.392 e. The van der Waals surface area contributed by atoms with E-state index in [1.54, 1.807) is 11.3 Å². The van der Waals surface area contributed by atoms with E-state index < -0.39 is 0 Å². The Morgan fingerprint density at radius 2 is 2.33 bits per heavy atom. The van der Waals surface area contributed by atoms with Gasteiger partial charge in [0, 0.05) is 17.5 Å². The van der Waals surface area contributed by atoms with Gasteiger partial charge in [0.2, 0.25) is 0 Å². The summed E-state index contributed by atoms with van der Waals surface area (Å²) in [5.74, 6) is 0.489. The lowest BCUT2D eigenvalue weighted by molar-refractivity contribution is 0.150. The summed E-state index contributed by atoms with van der Waals surface area (Å²) in [6.07, 6.45) is 4.61. The van der Waals surface area contributed by atoms with E-state index >= 15 is 0 Å². The van der Waals surface area contributed by atoms with Gasteiger partial charge in [-0.3, -0.25) is 0 Å². The molecule has 0 bridgehead atoms. The minimum atomic E-state index is -0.244. The molecule has 96 valence electrons. The zero-order valence-corrected chi connectivity index (χ0v) is 12.2. The van der Waals surface area contributed by atoms with Crippen molar-refractivity contribution in [1.82, 2.24) is 15.0 Å². The molecule has 0 aromatic carbocycles. The van der Waals surface area contributed by atoms with E-state index in [9.17, 15) is 5.11 Å². The number of nitrogens with zero attached hydrogens (tertiary/aromatic N) is 3. The van der Waals surface area contributed by atoms with Crippen molar-refractivity contribution in [1.29, 1.82) is 0 Å². The minimum absolute atomic E-state index is 0.244. The molecule has 1 unspecified atom stereocenters. The fourth-order valence-corrected chi connectivity index (χ4v) is 3.44. The molecule has 18 heavy (non-hydrogen) atoms. The van der Waals surface area contributed by atoms with Crippen LogP contribution in [0.2, 0.25) is 0 Å². The molecule has 2 aromatic rings. The number of hydrogen-bond acceptors (Lipinski definition) is 4. The monoisotopic (exact) mass is 327 g/mol. The van der Waals surface area contributed by atoms with Crippen LogP contribution in [0.1, 0.15) is 23.4 Å². The van der Waals surface area contributed by atoms with E-state index in [1.807, 2.05) is 16.9 Å². The van der Waals surface area contributed by atoms with Crippen molar-refractivity contribution < 1.29 is 5.11 Å². The molecule has 1 N–H and O–H groups in total. The van der Waals surface area contributed by atoms with Crippen LogP contribution in [-0.4, -0.2) is 26.2 Å². The first-order valence-corrected chi connectivity index (χ1v) is 7.63. The van der Waals surface area contributed by atoms with Crippen LogP contribution in [0.4, 0.5) is 0 Å². The van der Waals surface area contributed by atoms with Gasteiger partial charge in [0.1, 0.15) is 0 Å². The van der Waals surface area contributed by atoms with Crippen LogP contribution in [0, 0.1) is 5.92 Å². The van der Waals surface area contributed by atoms with E-state index in [2.05, 4.69) is 32.3 Å². The Morgan fingerprint density at radius 3 is 3.00 bits per heavy atom. The summed E-state index contributed by atoms with van der Waals surface area (Å²) in [6.45, 7) is 0.739. The molecule has 6 heteroatoms. The van der Waals surface area contributed by atoms with Gasteiger partial charge in [-0.1, -0.05) is 5.21 Å². The highest BCUT2D eigenvalue weighted by Gasteiger charge is 2.30. The molecule has 2 aromatic heterocycles. The van der Waals surface area contributed by atoms with Gasteiger partial charge in [-0.05, 0) is 46.8 Å². The smallest absolute Gasteiger partial charge is 0.0853 e. The molecular weight excluding hydrogens is 314 g/mol. The van der Waals surface area contributed by atoms with E-state index in [0.717, 1.165) is 28.9 Å². The summed E-state index contributed by atoms with van der Waals surface area (Å²) in [5.41, 5.74) is 0.880. The maximum atomic E-state index is 9.86. The van der Waals surface area contributed by atoms with Crippen LogP contribution in [0.3, 0.4) is 0 Å². The Morgan fingerprint density at radius 1 is 1.50 bits per heavy atom. The number of aliphatic hydroxyl groups excluding tert-OH is 1. The van der Waals surface area contributed by atoms with Crippen molar-refractivity contribution in [2.45, 2.75) is 31.9 Å². The molecule has 4 nitrogen and oxygen atoms in total. The van der Waals surface area contributed by atoms with Gasteiger partial charge in [-0.25, -0.2) is 4.68 Å². The van der Waals surface area contributed by atoms with E-state index in [1.165, 1.54) is 4.88 Å². The number of rotatable bonds is 5. The Hall–Kier alpha value is -0.720. The van der Waals surface area contributed by atoms with Crippen molar-refractivity contribution >= 4 is 27.3 Å². The number of aliphatic hydroxyl groups is 1. The average Bonchev–Trinajstić information content (AvgIpc) is 2.99. The second kappa shape index (κ2) is 5.11. The summed E-state index contributed by atoms with van der Waals surface area (Å²) in [6, 6.07) is 4.11. The fraction of sp³-hybridized carbons (Fsp3) is 0.500. The average molecular weight is 328 g/mol. The highest BCUT2D eigenvalue weighted by Crippen LogP contribution is 2.33. The van der Waals surface area contributed by atoms with Gasteiger partial charge in [-0.2, -0.15) is 0 Å². The van der Waals surface area contributed by atoms with Gasteiger partial charge in [0.25, 0.3) is 0 Å². The molecule has 0 spiro atoms. The molecule has 1 aliphatic carbocycles. The van der Waals surface area contributed by atoms with Crippen LogP contribution >= 0.6 is 27.3 Å². The summed E-state index contributed by atoms with van der Waals surface area (Å²) >= 11 is 5.15. The van der Waals surface area contributed by atoms with Crippen LogP contribution in [0.15, 0.2) is 22.1 Å². The highest BCUT2D eigenvalue weighted by atomic mass is 79.9. The summed E-state index contributed by atoms with van der Waals surface area (Å²) < 4.78 is 2.95. The predicted molar refractivity (Wildman–Crippen MR) is 73.6 cm³/mol. The number of aromatic nitrogens is 3. The molecule has 0 saturated heterocycles. The molecule has 1 fully saturated rings. The second-order valence-corrected chi connectivity index (χ2v) is 7.27. The number of thiophene rings is 1. The number of halogens is 1. The SMILES string of the molecule is OC(Cc1cn(Cc2ccc(Br)s2)nn1)C1CC1. The molecule has 0 aliphatic heterocycles. The van der Waals surface area contributed by atoms with Crippen LogP contribution in [0.25, 0.3) is 0 Å². The Kier molecular flexibility index (Phi) is 3.50. The lowest BCUT2D eigenvalue weighted by Crippen LogP contribution is -2.12. The van der Waals surface area contributed by atoms with Crippen molar-refractivity contribution in [3.63, 3.8) is 0 Å². The first kappa shape index (κ1) is 12.3. The molecule has 0 amide bonds. The maximum absolute atomic E-state index is 9.86. The van der Waals surface area contributed by atoms with Crippen LogP contribution in [0.5, 0.6) is 0 Å². The molecule has 2 heterocycles. The molecule has 3 rings (SSSR count). The fourth-order valence-electron chi connectivity index (χ4n) is 1.97. The quantitative estimate of drug-likeness (QED) is 0.917. The Labute approximate surface area is 118 Å². The number of hydrogen-bond donors (Lipinski definition) is 1. The third kappa shape index (κ3) is 2.99. The van der Waals surface area contributed by atoms with Gasteiger partial charge < -0.3 is 5.11 Å². The summed E-state index contributed by atoms with van der Waals surface area (Å²) in [4.78, 5) is 1.24. The Bertz CT molecular complexity index is 535. The van der Waals surface area contributed by atoms with E-state index in [4.69, 9.17) is 0 Å². The lowest BCUT2D eigenvalue weighted by Gasteiger charge is -2.04. The standard InChI is InChI=1S/C12H14BrN3OS/c13-12-4-3-10(18-12)7-16-6-9(14-15-16)5-11(17)8-1-2-8/h3-4,6,8,11,17H,1-2,5,7H2. The zero-order valence-electron chi connectivity index (χ0n) is 9.79. The van der Waals surface area contributed by atoms with Crippen molar-refractivity contribution in [2.24, 2.45) is 5.92 Å². The third-order valence-electron chi connectivity index (χ3n) is 3.12. The summed E-state index contributed by atoms with van der Waals surface area (Å²) in [7, 11) is 0. The topological polar surface area (TPSA) is 50.9 Å². The first-order valence-electron chi connectivity index (χ1n) is 6.02. The minimum Gasteiger partial charge on any atom is -0.392 e. The zero-order chi connectivity index (χ0) is 12.5. The van der Waals surface area contributed by atoms with Gasteiger partial charge >= 0.3 is 0 Å². The van der Waals surface area contributed by atoms with E-state index in [0.29, 0.717) is 12.3 Å². The van der Waals surface area contributed by atoms with Crippen molar-refractivity contribution in [2.75, 3.05) is 0 Å². The van der Waals surface area contributed by atoms with Gasteiger partial charge in [0.15, 0.2) is 0 Å². The summed E-state index contributed by atoms with van der Waals surface area (Å²) in [5, 5.41) is 18.1. The molecule has 1 atom stereocenters. The van der Waals surface area contributed by atoms with Gasteiger partial charge in [-0.15, -0.1) is 16.4 Å². The lowest BCUT2D eigenvalue weighted by atomic mass is 10.1. The third-order valence-corrected chi connectivity index (χ3v) is 4.73. The van der Waals surface area contributed by atoms with E-state index in [-0.39, 0.29) is 6.10 Å². The second-order valence-electron chi connectivity index (χ2n) is 4.72. The van der Waals surface area contributed by atoms with Gasteiger partial charge in [0.05, 0.1) is 22.1 Å². The maximum Gasteiger partial charge on any atom is 0.0853 e. The molecular formula is C12H14BrN3OS.